The van der Waals surface area contributed by atoms with E-state index in [1.165, 1.54) is 11.8 Å². The van der Waals surface area contributed by atoms with E-state index in [0.717, 1.165) is 21.9 Å². The van der Waals surface area contributed by atoms with Crippen molar-refractivity contribution in [2.24, 2.45) is 0 Å². The van der Waals surface area contributed by atoms with Crippen molar-refractivity contribution in [3.63, 3.8) is 0 Å². The number of benzene rings is 2. The van der Waals surface area contributed by atoms with Crippen LogP contribution in [0.3, 0.4) is 0 Å². The highest BCUT2D eigenvalue weighted by atomic mass is 32.2. The standard InChI is InChI=1S/C21H15NO2S3/c1-14-11-12-26-18(14)13-19-20(23)22(21(25)27-19)15-7-9-17(10-8-15)24-16-5-3-2-4-6-16/h2-13H,1H3/b19-13-. The summed E-state index contributed by atoms with van der Waals surface area (Å²) in [4.78, 5) is 16.2. The Bertz CT molecular complexity index is 1020. The maximum absolute atomic E-state index is 12.9. The van der Waals surface area contributed by atoms with Crippen molar-refractivity contribution in [3.05, 3.63) is 81.4 Å². The molecule has 2 aromatic carbocycles. The molecule has 1 aromatic heterocycles. The van der Waals surface area contributed by atoms with E-state index in [9.17, 15) is 4.79 Å². The molecule has 1 aliphatic rings. The van der Waals surface area contributed by atoms with E-state index >= 15 is 0 Å². The van der Waals surface area contributed by atoms with Crippen LogP contribution in [0.5, 0.6) is 11.5 Å². The summed E-state index contributed by atoms with van der Waals surface area (Å²) in [6.07, 6.45) is 1.92. The van der Waals surface area contributed by atoms with Gasteiger partial charge in [0.25, 0.3) is 5.91 Å². The number of hydrogen-bond acceptors (Lipinski definition) is 5. The number of thiocarbonyl (C=S) groups is 1. The van der Waals surface area contributed by atoms with E-state index in [-0.39, 0.29) is 5.91 Å². The molecule has 3 nitrogen and oxygen atoms in total. The molecule has 1 aliphatic heterocycles. The summed E-state index contributed by atoms with van der Waals surface area (Å²) < 4.78 is 6.34. The Morgan fingerprint density at radius 2 is 1.70 bits per heavy atom. The van der Waals surface area contributed by atoms with Crippen LogP contribution in [0.15, 0.2) is 70.9 Å². The van der Waals surface area contributed by atoms with E-state index in [1.54, 1.807) is 16.2 Å². The Morgan fingerprint density at radius 1 is 1.00 bits per heavy atom. The Kier molecular flexibility index (Phi) is 5.11. The topological polar surface area (TPSA) is 29.5 Å². The molecule has 1 fully saturated rings. The molecule has 134 valence electrons. The number of carbonyl (C=O) groups is 1. The van der Waals surface area contributed by atoms with Gasteiger partial charge in [-0.25, -0.2) is 0 Å². The second kappa shape index (κ2) is 7.68. The highest BCUT2D eigenvalue weighted by molar-refractivity contribution is 8.27. The number of thiophene rings is 1. The number of amides is 1. The van der Waals surface area contributed by atoms with E-state index in [0.29, 0.717) is 15.0 Å². The number of ether oxygens (including phenoxy) is 1. The first-order chi connectivity index (χ1) is 13.1. The fraction of sp³-hybridized carbons (Fsp3) is 0.0476. The predicted octanol–water partition coefficient (Wildman–Crippen LogP) is 6.25. The average molecular weight is 410 g/mol. The maximum atomic E-state index is 12.9. The monoisotopic (exact) mass is 409 g/mol. The molecule has 3 aromatic rings. The SMILES string of the molecule is Cc1ccsc1/C=C1\SC(=S)N(c2ccc(Oc3ccccc3)cc2)C1=O. The molecule has 0 saturated carbocycles. The minimum atomic E-state index is -0.0884. The average Bonchev–Trinajstić information content (AvgIpc) is 3.20. The first kappa shape index (κ1) is 18.0. The summed E-state index contributed by atoms with van der Waals surface area (Å²) in [5.41, 5.74) is 1.90. The van der Waals surface area contributed by atoms with Gasteiger partial charge in [0.15, 0.2) is 4.32 Å². The van der Waals surface area contributed by atoms with Crippen molar-refractivity contribution in [1.29, 1.82) is 0 Å². The van der Waals surface area contributed by atoms with Crippen LogP contribution in [0.25, 0.3) is 6.08 Å². The number of hydrogen-bond donors (Lipinski definition) is 0. The molecule has 0 radical (unpaired) electrons. The third-order valence-corrected chi connectivity index (χ3v) is 6.30. The quantitative estimate of drug-likeness (QED) is 0.376. The summed E-state index contributed by atoms with van der Waals surface area (Å²) in [6.45, 7) is 2.04. The van der Waals surface area contributed by atoms with E-state index in [1.807, 2.05) is 79.0 Å². The lowest BCUT2D eigenvalue weighted by atomic mass is 10.2. The van der Waals surface area contributed by atoms with Crippen LogP contribution in [0.2, 0.25) is 0 Å². The van der Waals surface area contributed by atoms with Crippen molar-refractivity contribution in [1.82, 2.24) is 0 Å². The van der Waals surface area contributed by atoms with Gasteiger partial charge < -0.3 is 4.74 Å². The minimum absolute atomic E-state index is 0.0884. The number of rotatable bonds is 4. The normalized spacial score (nSPS) is 15.6. The van der Waals surface area contributed by atoms with Crippen LogP contribution in [-0.2, 0) is 4.79 Å². The number of aryl methyl sites for hydroxylation is 1. The zero-order valence-electron chi connectivity index (χ0n) is 14.4. The molecule has 27 heavy (non-hydrogen) atoms. The van der Waals surface area contributed by atoms with Gasteiger partial charge in [-0.3, -0.25) is 9.69 Å². The summed E-state index contributed by atoms with van der Waals surface area (Å²) in [5.74, 6) is 1.39. The second-order valence-electron chi connectivity index (χ2n) is 5.89. The molecule has 6 heteroatoms. The highest BCUT2D eigenvalue weighted by Gasteiger charge is 2.33. The first-order valence-electron chi connectivity index (χ1n) is 8.27. The summed E-state index contributed by atoms with van der Waals surface area (Å²) in [7, 11) is 0. The molecule has 2 heterocycles. The van der Waals surface area contributed by atoms with Crippen molar-refractivity contribution < 1.29 is 9.53 Å². The number of nitrogens with zero attached hydrogens (tertiary/aromatic N) is 1. The molecule has 0 unspecified atom stereocenters. The van der Waals surface area contributed by atoms with Gasteiger partial charge in [0, 0.05) is 4.88 Å². The van der Waals surface area contributed by atoms with Gasteiger partial charge in [-0.15, -0.1) is 11.3 Å². The summed E-state index contributed by atoms with van der Waals surface area (Å²) >= 11 is 8.40. The lowest BCUT2D eigenvalue weighted by Crippen LogP contribution is -2.27. The maximum Gasteiger partial charge on any atom is 0.270 e. The van der Waals surface area contributed by atoms with Gasteiger partial charge in [0.05, 0.1) is 10.6 Å². The van der Waals surface area contributed by atoms with Crippen molar-refractivity contribution >= 4 is 57.3 Å². The van der Waals surface area contributed by atoms with Gasteiger partial charge in [0.2, 0.25) is 0 Å². The molecule has 0 aliphatic carbocycles. The predicted molar refractivity (Wildman–Crippen MR) is 118 cm³/mol. The largest absolute Gasteiger partial charge is 0.457 e. The van der Waals surface area contributed by atoms with E-state index < -0.39 is 0 Å². The van der Waals surface area contributed by atoms with Crippen LogP contribution in [0.4, 0.5) is 5.69 Å². The van der Waals surface area contributed by atoms with Crippen molar-refractivity contribution in [2.75, 3.05) is 4.90 Å². The fourth-order valence-electron chi connectivity index (χ4n) is 2.63. The molecule has 1 amide bonds. The number of para-hydroxylation sites is 1. The second-order valence-corrected chi connectivity index (χ2v) is 8.52. The number of carbonyl (C=O) groups excluding carboxylic acids is 1. The Morgan fingerprint density at radius 3 is 2.37 bits per heavy atom. The molecule has 1 saturated heterocycles. The van der Waals surface area contributed by atoms with Crippen LogP contribution < -0.4 is 9.64 Å². The first-order valence-corrected chi connectivity index (χ1v) is 10.4. The third-order valence-electron chi connectivity index (χ3n) is 4.03. The van der Waals surface area contributed by atoms with Gasteiger partial charge in [0.1, 0.15) is 11.5 Å². The van der Waals surface area contributed by atoms with Gasteiger partial charge in [-0.2, -0.15) is 0 Å². The highest BCUT2D eigenvalue weighted by Crippen LogP contribution is 2.37. The Hall–Kier alpha value is -2.41. The Labute approximate surface area is 171 Å². The summed E-state index contributed by atoms with van der Waals surface area (Å²) in [6, 6.07) is 19.0. The molecular formula is C21H15NO2S3. The zero-order chi connectivity index (χ0) is 18.8. The van der Waals surface area contributed by atoms with E-state index in [4.69, 9.17) is 17.0 Å². The summed E-state index contributed by atoms with van der Waals surface area (Å²) in [5, 5.41) is 2.02. The zero-order valence-corrected chi connectivity index (χ0v) is 16.9. The molecule has 0 atom stereocenters. The molecule has 0 spiro atoms. The van der Waals surface area contributed by atoms with E-state index in [2.05, 4.69) is 0 Å². The number of thioether (sulfide) groups is 1. The molecular weight excluding hydrogens is 394 g/mol. The van der Waals surface area contributed by atoms with Gasteiger partial charge >= 0.3 is 0 Å². The lowest BCUT2D eigenvalue weighted by molar-refractivity contribution is -0.113. The molecule has 0 N–H and O–H groups in total. The fourth-order valence-corrected chi connectivity index (χ4v) is 4.84. The Balaban J connectivity index is 1.54. The van der Waals surface area contributed by atoms with Crippen molar-refractivity contribution in [3.8, 4) is 11.5 Å². The van der Waals surface area contributed by atoms with Crippen LogP contribution >= 0.6 is 35.3 Å². The third kappa shape index (κ3) is 3.83. The van der Waals surface area contributed by atoms with Crippen molar-refractivity contribution in [2.45, 2.75) is 6.92 Å². The smallest absolute Gasteiger partial charge is 0.270 e. The minimum Gasteiger partial charge on any atom is -0.457 e. The van der Waals surface area contributed by atoms with Crippen LogP contribution in [-0.4, -0.2) is 10.2 Å². The number of anilines is 1. The molecule has 4 rings (SSSR count). The van der Waals surface area contributed by atoms with Gasteiger partial charge in [-0.1, -0.05) is 42.2 Å². The van der Waals surface area contributed by atoms with Crippen LogP contribution in [0, 0.1) is 6.92 Å². The van der Waals surface area contributed by atoms with Crippen LogP contribution in [0.1, 0.15) is 10.4 Å². The lowest BCUT2D eigenvalue weighted by Gasteiger charge is -2.15. The molecule has 0 bridgehead atoms. The van der Waals surface area contributed by atoms with Gasteiger partial charge in [-0.05, 0) is 66.4 Å².